The predicted molar refractivity (Wildman–Crippen MR) is 212 cm³/mol. The van der Waals surface area contributed by atoms with Gasteiger partial charge in [-0.3, -0.25) is 14.4 Å². The highest BCUT2D eigenvalue weighted by atomic mass is 16.5. The molecular weight excluding hydrogens is 679 g/mol. The highest BCUT2D eigenvalue weighted by molar-refractivity contribution is 6.01. The Bertz CT molecular complexity index is 2020. The molecular formula is C44H51N5O5. The van der Waals surface area contributed by atoms with Gasteiger partial charge in [0, 0.05) is 67.0 Å². The molecule has 0 atom stereocenters. The number of aromatic nitrogens is 1. The number of hydrogen-bond donors (Lipinski definition) is 2. The Kier molecular flexibility index (Phi) is 11.0. The molecule has 0 unspecified atom stereocenters. The van der Waals surface area contributed by atoms with Crippen molar-refractivity contribution in [2.75, 3.05) is 55.7 Å². The second-order valence-electron chi connectivity index (χ2n) is 14.9. The maximum atomic E-state index is 13.5. The quantitative estimate of drug-likeness (QED) is 0.197. The SMILES string of the molecule is O=C1Cn2c(-c3ccc(OCc4cc(N5CCCC5=O)ccc4N4CCOCC4)cc3)c(C3CCCCC3)c3ccc(cc32)C(=O)NCC/C=C/CCN1. The van der Waals surface area contributed by atoms with Crippen molar-refractivity contribution in [2.24, 2.45) is 0 Å². The number of carbonyl (C=O) groups excluding carboxylic acids is 3. The van der Waals surface area contributed by atoms with Crippen LogP contribution in [0.25, 0.3) is 22.2 Å². The van der Waals surface area contributed by atoms with E-state index in [0.29, 0.717) is 50.8 Å². The van der Waals surface area contributed by atoms with Crippen LogP contribution in [-0.2, 0) is 27.5 Å². The number of fused-ring (bicyclic) bond motifs is 1. The first-order valence-corrected chi connectivity index (χ1v) is 19.9. The molecule has 2 bridgehead atoms. The predicted octanol–water partition coefficient (Wildman–Crippen LogP) is 7.09. The van der Waals surface area contributed by atoms with Crippen LogP contribution in [0, 0.1) is 0 Å². The van der Waals surface area contributed by atoms with E-state index < -0.39 is 0 Å². The smallest absolute Gasteiger partial charge is 0.251 e. The molecule has 3 amide bonds. The van der Waals surface area contributed by atoms with Gasteiger partial charge in [-0.25, -0.2) is 0 Å². The van der Waals surface area contributed by atoms with Crippen LogP contribution >= 0.6 is 0 Å². The molecule has 2 N–H and O–H groups in total. The van der Waals surface area contributed by atoms with Crippen molar-refractivity contribution in [1.29, 1.82) is 0 Å². The first-order chi connectivity index (χ1) is 26.5. The third-order valence-electron chi connectivity index (χ3n) is 11.4. The summed E-state index contributed by atoms with van der Waals surface area (Å²) >= 11 is 0. The van der Waals surface area contributed by atoms with E-state index in [1.165, 1.54) is 24.8 Å². The average Bonchev–Trinajstić information content (AvgIpc) is 3.78. The Labute approximate surface area is 317 Å². The number of benzene rings is 3. The monoisotopic (exact) mass is 729 g/mol. The van der Waals surface area contributed by atoms with Gasteiger partial charge in [-0.1, -0.05) is 37.5 Å². The average molecular weight is 730 g/mol. The van der Waals surface area contributed by atoms with Crippen LogP contribution < -0.4 is 25.2 Å². The molecule has 1 saturated carbocycles. The molecule has 3 fully saturated rings. The van der Waals surface area contributed by atoms with E-state index in [1.807, 2.05) is 29.2 Å². The molecule has 4 aliphatic rings. The van der Waals surface area contributed by atoms with Crippen LogP contribution in [-0.4, -0.2) is 68.2 Å². The Hall–Kier alpha value is -5.09. The van der Waals surface area contributed by atoms with Crippen LogP contribution in [0.2, 0.25) is 0 Å². The van der Waals surface area contributed by atoms with E-state index in [1.54, 1.807) is 0 Å². The third kappa shape index (κ3) is 7.76. The van der Waals surface area contributed by atoms with Crippen molar-refractivity contribution >= 4 is 40.0 Å². The summed E-state index contributed by atoms with van der Waals surface area (Å²) in [7, 11) is 0. The number of hydrogen-bond acceptors (Lipinski definition) is 6. The Morgan fingerprint density at radius 2 is 1.54 bits per heavy atom. The van der Waals surface area contributed by atoms with Gasteiger partial charge < -0.3 is 34.5 Å². The number of carbonyl (C=O) groups is 3. The Balaban J connectivity index is 1.14. The maximum absolute atomic E-state index is 13.5. The van der Waals surface area contributed by atoms with Crippen molar-refractivity contribution in [3.63, 3.8) is 0 Å². The van der Waals surface area contributed by atoms with Crippen LogP contribution in [0.5, 0.6) is 5.75 Å². The molecule has 8 rings (SSSR count). The van der Waals surface area contributed by atoms with Crippen molar-refractivity contribution in [3.05, 3.63) is 89.5 Å². The van der Waals surface area contributed by atoms with Gasteiger partial charge in [0.25, 0.3) is 5.91 Å². The van der Waals surface area contributed by atoms with Crippen LogP contribution in [0.1, 0.15) is 85.2 Å². The highest BCUT2D eigenvalue weighted by Crippen LogP contribution is 2.44. The molecule has 1 aromatic heterocycles. The summed E-state index contributed by atoms with van der Waals surface area (Å²) in [5, 5.41) is 7.31. The zero-order valence-electron chi connectivity index (χ0n) is 31.1. The number of morpholine rings is 1. The number of nitrogens with one attached hydrogen (secondary N) is 2. The second-order valence-corrected chi connectivity index (χ2v) is 14.9. The van der Waals surface area contributed by atoms with Crippen molar-refractivity contribution in [1.82, 2.24) is 15.2 Å². The molecule has 3 aromatic carbocycles. The van der Waals surface area contributed by atoms with E-state index in [0.717, 1.165) is 96.6 Å². The first-order valence-electron chi connectivity index (χ1n) is 19.9. The van der Waals surface area contributed by atoms with E-state index in [2.05, 4.69) is 68.7 Å². The number of amides is 3. The largest absolute Gasteiger partial charge is 0.489 e. The molecule has 54 heavy (non-hydrogen) atoms. The summed E-state index contributed by atoms with van der Waals surface area (Å²) in [6, 6.07) is 20.5. The molecule has 2 saturated heterocycles. The Morgan fingerprint density at radius 1 is 0.778 bits per heavy atom. The van der Waals surface area contributed by atoms with E-state index in [-0.39, 0.29) is 24.3 Å². The molecule has 10 nitrogen and oxygen atoms in total. The van der Waals surface area contributed by atoms with E-state index >= 15 is 0 Å². The number of rotatable bonds is 7. The van der Waals surface area contributed by atoms with Gasteiger partial charge in [0.15, 0.2) is 0 Å². The fourth-order valence-corrected chi connectivity index (χ4v) is 8.66. The van der Waals surface area contributed by atoms with Gasteiger partial charge >= 0.3 is 0 Å². The lowest BCUT2D eigenvalue weighted by molar-refractivity contribution is -0.121. The fourth-order valence-electron chi connectivity index (χ4n) is 8.66. The maximum Gasteiger partial charge on any atom is 0.251 e. The lowest BCUT2D eigenvalue weighted by atomic mass is 9.81. The normalized spacial score (nSPS) is 19.7. The number of anilines is 2. The molecule has 282 valence electrons. The molecule has 3 aliphatic heterocycles. The van der Waals surface area contributed by atoms with Crippen LogP contribution in [0.3, 0.4) is 0 Å². The van der Waals surface area contributed by atoms with Crippen LogP contribution in [0.15, 0.2) is 72.8 Å². The lowest BCUT2D eigenvalue weighted by Crippen LogP contribution is -2.37. The summed E-state index contributed by atoms with van der Waals surface area (Å²) in [6.07, 6.45) is 12.9. The summed E-state index contributed by atoms with van der Waals surface area (Å²) in [5.74, 6) is 1.12. The Morgan fingerprint density at radius 3 is 2.30 bits per heavy atom. The molecule has 0 radical (unpaired) electrons. The molecule has 0 spiro atoms. The first kappa shape index (κ1) is 35.9. The zero-order valence-corrected chi connectivity index (χ0v) is 31.1. The summed E-state index contributed by atoms with van der Waals surface area (Å²) in [5.41, 5.74) is 7.89. The zero-order chi connectivity index (χ0) is 36.9. The van der Waals surface area contributed by atoms with Crippen LogP contribution in [0.4, 0.5) is 11.4 Å². The minimum atomic E-state index is -0.103. The highest BCUT2D eigenvalue weighted by Gasteiger charge is 2.28. The lowest BCUT2D eigenvalue weighted by Gasteiger charge is -2.31. The topological polar surface area (TPSA) is 105 Å². The minimum Gasteiger partial charge on any atom is -0.489 e. The summed E-state index contributed by atoms with van der Waals surface area (Å²) in [4.78, 5) is 43.7. The molecule has 10 heteroatoms. The van der Waals surface area contributed by atoms with E-state index in [4.69, 9.17) is 9.47 Å². The third-order valence-corrected chi connectivity index (χ3v) is 11.4. The second kappa shape index (κ2) is 16.5. The van der Waals surface area contributed by atoms with E-state index in [9.17, 15) is 14.4 Å². The molecule has 4 heterocycles. The van der Waals surface area contributed by atoms with Crippen molar-refractivity contribution < 1.29 is 23.9 Å². The fraction of sp³-hybridized carbons (Fsp3) is 0.432. The summed E-state index contributed by atoms with van der Waals surface area (Å²) < 4.78 is 14.3. The molecule has 1 aliphatic carbocycles. The van der Waals surface area contributed by atoms with Gasteiger partial charge in [-0.05, 0) is 104 Å². The van der Waals surface area contributed by atoms with Crippen molar-refractivity contribution in [2.45, 2.75) is 76.9 Å². The summed E-state index contributed by atoms with van der Waals surface area (Å²) in [6.45, 7) is 5.36. The standard InChI is InChI=1S/C44H51N5O5/c50-40-29-49-39-28-33(44(52)46-21-7-2-1-6-20-45-40)14-18-37(39)42(31-9-4-3-5-10-31)43(49)32-12-16-36(17-13-32)54-30-34-27-35(48-22-8-11-41(48)51)15-19-38(34)47-23-25-53-26-24-47/h1-2,12-19,27-28,31H,3-11,20-26,29-30H2,(H,45,50)(H,46,52)/b2-1+. The van der Waals surface area contributed by atoms with Gasteiger partial charge in [0.2, 0.25) is 11.8 Å². The van der Waals surface area contributed by atoms with Gasteiger partial charge in [-0.2, -0.15) is 0 Å². The van der Waals surface area contributed by atoms with Crippen molar-refractivity contribution in [3.8, 4) is 17.0 Å². The number of nitrogens with zero attached hydrogens (tertiary/aromatic N) is 3. The van der Waals surface area contributed by atoms with Gasteiger partial charge in [0.1, 0.15) is 18.9 Å². The minimum absolute atomic E-state index is 0.0460. The number of ether oxygens (including phenoxy) is 2. The van der Waals surface area contributed by atoms with Gasteiger partial charge in [-0.15, -0.1) is 0 Å². The molecule has 4 aromatic rings. The van der Waals surface area contributed by atoms with Gasteiger partial charge in [0.05, 0.1) is 24.4 Å².